The second kappa shape index (κ2) is 6.83. The number of aromatic nitrogens is 3. The Morgan fingerprint density at radius 3 is 2.62 bits per heavy atom. The highest BCUT2D eigenvalue weighted by molar-refractivity contribution is 6.09. The van der Waals surface area contributed by atoms with Gasteiger partial charge in [0.1, 0.15) is 11.1 Å². The van der Waals surface area contributed by atoms with Crippen LogP contribution in [0.4, 0.5) is 5.69 Å². The van der Waals surface area contributed by atoms with Crippen LogP contribution in [0.25, 0.3) is 11.0 Å². The molecule has 0 saturated heterocycles. The van der Waals surface area contributed by atoms with E-state index in [9.17, 15) is 14.4 Å². The number of aryl methyl sites for hydroxylation is 1. The Bertz CT molecular complexity index is 1110. The molecule has 3 aromatic rings. The third kappa shape index (κ3) is 2.85. The number of rotatable bonds is 4. The molecule has 2 aromatic heterocycles. The van der Waals surface area contributed by atoms with E-state index in [0.29, 0.717) is 17.9 Å². The van der Waals surface area contributed by atoms with Gasteiger partial charge in [0.05, 0.1) is 17.9 Å². The minimum Gasteiger partial charge on any atom is -0.493 e. The number of nitrogens with zero attached hydrogens (tertiary/aromatic N) is 3. The van der Waals surface area contributed by atoms with Crippen LogP contribution in [0.15, 0.2) is 46.1 Å². The Kier molecular flexibility index (Phi) is 4.57. The maximum Gasteiger partial charge on any atom is 0.332 e. The van der Waals surface area contributed by atoms with Crippen molar-refractivity contribution in [3.8, 4) is 5.75 Å². The summed E-state index contributed by atoms with van der Waals surface area (Å²) in [7, 11) is 2.90. The van der Waals surface area contributed by atoms with Crippen LogP contribution in [-0.2, 0) is 14.1 Å². The number of ether oxygens (including phenoxy) is 1. The summed E-state index contributed by atoms with van der Waals surface area (Å²) in [6, 6.07) is 8.36. The maximum absolute atomic E-state index is 12.7. The van der Waals surface area contributed by atoms with Gasteiger partial charge in [-0.05, 0) is 25.1 Å². The first kappa shape index (κ1) is 17.4. The van der Waals surface area contributed by atoms with Gasteiger partial charge >= 0.3 is 5.69 Å². The molecule has 0 bridgehead atoms. The van der Waals surface area contributed by atoms with Crippen LogP contribution in [0.3, 0.4) is 0 Å². The minimum atomic E-state index is -0.524. The molecule has 1 aromatic carbocycles. The number of carbonyl (C=O) groups excluding carboxylic acids is 1. The lowest BCUT2D eigenvalue weighted by atomic mass is 10.1. The number of fused-ring (bicyclic) bond motifs is 1. The fourth-order valence-electron chi connectivity index (χ4n) is 2.72. The highest BCUT2D eigenvalue weighted by Gasteiger charge is 2.17. The van der Waals surface area contributed by atoms with E-state index in [1.807, 2.05) is 6.92 Å². The molecule has 1 amide bonds. The van der Waals surface area contributed by atoms with Gasteiger partial charge in [-0.1, -0.05) is 12.1 Å². The van der Waals surface area contributed by atoms with E-state index in [1.165, 1.54) is 30.9 Å². The van der Waals surface area contributed by atoms with Crippen LogP contribution in [0.5, 0.6) is 5.75 Å². The standard InChI is InChI=1S/C18H18N4O4/c1-4-26-13-8-6-5-7-11(13)16(23)20-12-9-10-19-15-14(12)17(24)22(3)18(25)21(15)2/h5-10H,4H2,1-3H3,(H,19,20,23). The van der Waals surface area contributed by atoms with Gasteiger partial charge in [-0.3, -0.25) is 18.7 Å². The largest absolute Gasteiger partial charge is 0.493 e. The normalized spacial score (nSPS) is 10.7. The topological polar surface area (TPSA) is 95.2 Å². The van der Waals surface area contributed by atoms with E-state index in [-0.39, 0.29) is 16.7 Å². The lowest BCUT2D eigenvalue weighted by molar-refractivity contribution is 0.102. The monoisotopic (exact) mass is 354 g/mol. The maximum atomic E-state index is 12.7. The smallest absolute Gasteiger partial charge is 0.332 e. The average molecular weight is 354 g/mol. The van der Waals surface area contributed by atoms with Crippen LogP contribution < -0.4 is 21.3 Å². The van der Waals surface area contributed by atoms with Gasteiger partial charge in [0.2, 0.25) is 0 Å². The van der Waals surface area contributed by atoms with Crippen molar-refractivity contribution in [3.63, 3.8) is 0 Å². The molecule has 2 heterocycles. The third-order valence-corrected chi connectivity index (χ3v) is 4.02. The Balaban J connectivity index is 2.12. The fraction of sp³-hybridized carbons (Fsp3) is 0.222. The van der Waals surface area contributed by atoms with Crippen LogP contribution in [0, 0.1) is 0 Å². The third-order valence-electron chi connectivity index (χ3n) is 4.02. The van der Waals surface area contributed by atoms with Crippen molar-refractivity contribution in [2.24, 2.45) is 14.1 Å². The number of anilines is 1. The molecule has 0 fully saturated rings. The summed E-state index contributed by atoms with van der Waals surface area (Å²) in [6.45, 7) is 2.25. The number of pyridine rings is 1. The van der Waals surface area contributed by atoms with Gasteiger partial charge in [0, 0.05) is 20.3 Å². The number of nitrogens with one attached hydrogen (secondary N) is 1. The molecule has 0 unspecified atom stereocenters. The molecule has 0 aliphatic rings. The van der Waals surface area contributed by atoms with Crippen molar-refractivity contribution in [2.45, 2.75) is 6.92 Å². The van der Waals surface area contributed by atoms with Gasteiger partial charge in [-0.2, -0.15) is 0 Å². The molecule has 134 valence electrons. The fourth-order valence-corrected chi connectivity index (χ4v) is 2.72. The van der Waals surface area contributed by atoms with Gasteiger partial charge in [0.25, 0.3) is 11.5 Å². The van der Waals surface area contributed by atoms with Crippen molar-refractivity contribution < 1.29 is 9.53 Å². The highest BCUT2D eigenvalue weighted by atomic mass is 16.5. The predicted molar refractivity (Wildman–Crippen MR) is 97.8 cm³/mol. The Morgan fingerprint density at radius 2 is 1.88 bits per heavy atom. The Morgan fingerprint density at radius 1 is 1.15 bits per heavy atom. The van der Waals surface area contributed by atoms with Gasteiger partial charge < -0.3 is 10.1 Å². The molecule has 0 radical (unpaired) electrons. The molecular weight excluding hydrogens is 336 g/mol. The first-order valence-electron chi connectivity index (χ1n) is 8.03. The van der Waals surface area contributed by atoms with Crippen molar-refractivity contribution >= 4 is 22.6 Å². The van der Waals surface area contributed by atoms with Crippen molar-refractivity contribution in [2.75, 3.05) is 11.9 Å². The molecule has 1 N–H and O–H groups in total. The number of para-hydroxylation sites is 1. The summed E-state index contributed by atoms with van der Waals surface area (Å²) in [6.07, 6.45) is 1.44. The van der Waals surface area contributed by atoms with E-state index < -0.39 is 17.2 Å². The molecule has 8 heteroatoms. The summed E-state index contributed by atoms with van der Waals surface area (Å²) in [5.74, 6) is 0.0311. The van der Waals surface area contributed by atoms with Crippen LogP contribution in [0.2, 0.25) is 0 Å². The molecule has 0 aliphatic heterocycles. The summed E-state index contributed by atoms with van der Waals surface area (Å²) >= 11 is 0. The van der Waals surface area contributed by atoms with Gasteiger partial charge in [-0.15, -0.1) is 0 Å². The summed E-state index contributed by atoms with van der Waals surface area (Å²) in [5, 5.41) is 2.89. The zero-order valence-electron chi connectivity index (χ0n) is 14.6. The van der Waals surface area contributed by atoms with Crippen molar-refractivity contribution in [1.29, 1.82) is 0 Å². The lowest BCUT2D eigenvalue weighted by Gasteiger charge is -2.13. The van der Waals surface area contributed by atoms with E-state index >= 15 is 0 Å². The molecule has 26 heavy (non-hydrogen) atoms. The van der Waals surface area contributed by atoms with Crippen molar-refractivity contribution in [1.82, 2.24) is 14.1 Å². The van der Waals surface area contributed by atoms with Gasteiger partial charge in [0.15, 0.2) is 5.65 Å². The summed E-state index contributed by atoms with van der Waals surface area (Å²) in [5.41, 5.74) is -0.179. The molecule has 0 spiro atoms. The van der Waals surface area contributed by atoms with Crippen LogP contribution in [0.1, 0.15) is 17.3 Å². The average Bonchev–Trinajstić information content (AvgIpc) is 2.65. The zero-order valence-corrected chi connectivity index (χ0v) is 14.6. The minimum absolute atomic E-state index is 0.166. The number of hydrogen-bond acceptors (Lipinski definition) is 5. The predicted octanol–water partition coefficient (Wildman–Crippen LogP) is 1.28. The second-order valence-electron chi connectivity index (χ2n) is 5.65. The van der Waals surface area contributed by atoms with Crippen molar-refractivity contribution in [3.05, 3.63) is 62.9 Å². The second-order valence-corrected chi connectivity index (χ2v) is 5.65. The zero-order chi connectivity index (χ0) is 18.8. The number of benzene rings is 1. The molecule has 0 saturated carbocycles. The van der Waals surface area contributed by atoms with E-state index in [0.717, 1.165) is 4.57 Å². The summed E-state index contributed by atoms with van der Waals surface area (Å²) < 4.78 is 7.72. The lowest BCUT2D eigenvalue weighted by Crippen LogP contribution is -2.37. The first-order chi connectivity index (χ1) is 12.5. The first-order valence-corrected chi connectivity index (χ1v) is 8.03. The highest BCUT2D eigenvalue weighted by Crippen LogP contribution is 2.22. The van der Waals surface area contributed by atoms with E-state index in [1.54, 1.807) is 24.3 Å². The van der Waals surface area contributed by atoms with E-state index in [2.05, 4.69) is 10.3 Å². The molecule has 8 nitrogen and oxygen atoms in total. The molecule has 0 aliphatic carbocycles. The Labute approximate surface area is 148 Å². The summed E-state index contributed by atoms with van der Waals surface area (Å²) in [4.78, 5) is 41.4. The SMILES string of the molecule is CCOc1ccccc1C(=O)Nc1ccnc2c1c(=O)n(C)c(=O)n2C. The Hall–Kier alpha value is -3.42. The van der Waals surface area contributed by atoms with E-state index in [4.69, 9.17) is 4.74 Å². The van der Waals surface area contributed by atoms with Crippen LogP contribution in [-0.4, -0.2) is 26.6 Å². The number of carbonyl (C=O) groups is 1. The van der Waals surface area contributed by atoms with Crippen LogP contribution >= 0.6 is 0 Å². The number of amides is 1. The number of hydrogen-bond donors (Lipinski definition) is 1. The molecule has 0 atom stereocenters. The molecular formula is C18H18N4O4. The molecule has 3 rings (SSSR count). The van der Waals surface area contributed by atoms with Gasteiger partial charge in [-0.25, -0.2) is 9.78 Å². The quantitative estimate of drug-likeness (QED) is 0.762.